The van der Waals surface area contributed by atoms with Crippen LogP contribution >= 0.6 is 0 Å². The van der Waals surface area contributed by atoms with Gasteiger partial charge in [0.15, 0.2) is 0 Å². The van der Waals surface area contributed by atoms with E-state index in [1.54, 1.807) is 0 Å². The van der Waals surface area contributed by atoms with E-state index in [1.165, 1.54) is 25.7 Å². The van der Waals surface area contributed by atoms with Gasteiger partial charge in [-0.3, -0.25) is 4.79 Å². The van der Waals surface area contributed by atoms with Crippen molar-refractivity contribution < 1.29 is 19.8 Å². The first-order chi connectivity index (χ1) is 13.6. The highest BCUT2D eigenvalue weighted by Gasteiger charge is 2.17. The molecule has 3 N–H and O–H groups in total. The zero-order valence-electron chi connectivity index (χ0n) is 17.2. The van der Waals surface area contributed by atoms with E-state index < -0.39 is 18.6 Å². The van der Waals surface area contributed by atoms with Crippen LogP contribution in [0.25, 0.3) is 0 Å². The van der Waals surface area contributed by atoms with Crippen molar-refractivity contribution in [1.82, 2.24) is 5.32 Å². The van der Waals surface area contributed by atoms with Gasteiger partial charge in [0, 0.05) is 6.42 Å². The van der Waals surface area contributed by atoms with E-state index in [9.17, 15) is 9.59 Å². The molecule has 0 heterocycles. The van der Waals surface area contributed by atoms with Gasteiger partial charge in [0.2, 0.25) is 5.91 Å². The van der Waals surface area contributed by atoms with Gasteiger partial charge in [-0.2, -0.15) is 0 Å². The first kappa shape index (κ1) is 25.9. The lowest BCUT2D eigenvalue weighted by Crippen LogP contribution is -2.43. The maximum atomic E-state index is 11.5. The second-order valence-electron chi connectivity index (χ2n) is 6.62. The van der Waals surface area contributed by atoms with Gasteiger partial charge in [-0.1, -0.05) is 68.4 Å². The van der Waals surface area contributed by atoms with Crippen LogP contribution in [0.1, 0.15) is 71.1 Å². The molecule has 5 nitrogen and oxygen atoms in total. The summed E-state index contributed by atoms with van der Waals surface area (Å²) in [6.45, 7) is 1.62. The average Bonchev–Trinajstić information content (AvgIpc) is 2.68. The molecule has 0 bridgehead atoms. The molecule has 1 atom stereocenters. The molecule has 28 heavy (non-hydrogen) atoms. The van der Waals surface area contributed by atoms with Crippen molar-refractivity contribution in [3.05, 3.63) is 48.6 Å². The first-order valence-electron chi connectivity index (χ1n) is 10.3. The Balaban J connectivity index is 3.62. The molecule has 0 aromatic rings. The van der Waals surface area contributed by atoms with E-state index in [2.05, 4.69) is 54.8 Å². The molecule has 1 amide bonds. The molecule has 0 fully saturated rings. The molecule has 0 unspecified atom stereocenters. The fourth-order valence-corrected chi connectivity index (χ4v) is 2.39. The van der Waals surface area contributed by atoms with E-state index >= 15 is 0 Å². The summed E-state index contributed by atoms with van der Waals surface area (Å²) in [5.74, 6) is -1.58. The zero-order chi connectivity index (χ0) is 20.9. The smallest absolute Gasteiger partial charge is 0.328 e. The Bertz CT molecular complexity index is 521. The number of aliphatic hydroxyl groups is 1. The van der Waals surface area contributed by atoms with Crippen LogP contribution in [-0.4, -0.2) is 34.7 Å². The Morgan fingerprint density at radius 3 is 1.79 bits per heavy atom. The molecule has 0 saturated heterocycles. The predicted molar refractivity (Wildman–Crippen MR) is 115 cm³/mol. The number of unbranched alkanes of at least 4 members (excludes halogenated alkanes) is 4. The first-order valence-corrected chi connectivity index (χ1v) is 10.3. The Hall–Kier alpha value is -2.14. The minimum Gasteiger partial charge on any atom is -0.480 e. The van der Waals surface area contributed by atoms with Gasteiger partial charge in [0.25, 0.3) is 0 Å². The standard InChI is InChI=1S/C23H37NO4/c1-2-3-4-5-6-7-8-9-10-11-12-13-14-15-16-17-18-19-22(26)24-21(20-25)23(27)28/h6-7,9-10,12-13,15-16,21,25H,2-5,8,11,14,17-20H2,1H3,(H,24,26)(H,27,28)/t21-/m1/s1. The number of rotatable bonds is 17. The van der Waals surface area contributed by atoms with Crippen LogP contribution in [-0.2, 0) is 9.59 Å². The highest BCUT2D eigenvalue weighted by atomic mass is 16.4. The van der Waals surface area contributed by atoms with Crippen molar-refractivity contribution >= 4 is 11.9 Å². The summed E-state index contributed by atoms with van der Waals surface area (Å²) in [5, 5.41) is 19.9. The minimum atomic E-state index is -1.23. The van der Waals surface area contributed by atoms with E-state index in [4.69, 9.17) is 10.2 Å². The summed E-state index contributed by atoms with van der Waals surface area (Å²) in [6, 6.07) is -1.22. The van der Waals surface area contributed by atoms with Crippen molar-refractivity contribution in [1.29, 1.82) is 0 Å². The highest BCUT2D eigenvalue weighted by Crippen LogP contribution is 2.01. The Labute approximate surface area is 169 Å². The molecule has 158 valence electrons. The summed E-state index contributed by atoms with van der Waals surface area (Å²) in [7, 11) is 0. The van der Waals surface area contributed by atoms with Crippen LogP contribution in [0, 0.1) is 0 Å². The largest absolute Gasteiger partial charge is 0.480 e. The summed E-state index contributed by atoms with van der Waals surface area (Å²) < 4.78 is 0. The van der Waals surface area contributed by atoms with Crippen molar-refractivity contribution in [2.24, 2.45) is 0 Å². The van der Waals surface area contributed by atoms with E-state index in [-0.39, 0.29) is 12.3 Å². The van der Waals surface area contributed by atoms with Crippen molar-refractivity contribution in [2.45, 2.75) is 77.2 Å². The van der Waals surface area contributed by atoms with Crippen LogP contribution in [0.15, 0.2) is 48.6 Å². The summed E-state index contributed by atoms with van der Waals surface area (Å²) in [5.41, 5.74) is 0. The summed E-state index contributed by atoms with van der Waals surface area (Å²) in [6.07, 6.45) is 26.7. The molecule has 0 aromatic heterocycles. The van der Waals surface area contributed by atoms with Crippen LogP contribution in [0.5, 0.6) is 0 Å². The topological polar surface area (TPSA) is 86.6 Å². The molecule has 0 aliphatic carbocycles. The van der Waals surface area contributed by atoms with Gasteiger partial charge in [-0.15, -0.1) is 0 Å². The second kappa shape index (κ2) is 19.6. The number of carboxylic acid groups (broad SMARTS) is 1. The molecule has 0 aliphatic rings. The fraction of sp³-hybridized carbons (Fsp3) is 0.565. The number of allylic oxidation sites excluding steroid dienone is 8. The van der Waals surface area contributed by atoms with Gasteiger partial charge in [-0.25, -0.2) is 4.79 Å². The van der Waals surface area contributed by atoms with Gasteiger partial charge < -0.3 is 15.5 Å². The van der Waals surface area contributed by atoms with Crippen molar-refractivity contribution in [3.63, 3.8) is 0 Å². The third kappa shape index (κ3) is 17.3. The van der Waals surface area contributed by atoms with Gasteiger partial charge in [0.1, 0.15) is 6.04 Å². The Morgan fingerprint density at radius 2 is 1.32 bits per heavy atom. The molecule has 0 saturated carbocycles. The molecule has 0 radical (unpaired) electrons. The normalized spacial score (nSPS) is 13.2. The third-order valence-electron chi connectivity index (χ3n) is 4.05. The van der Waals surface area contributed by atoms with Crippen LogP contribution in [0.2, 0.25) is 0 Å². The zero-order valence-corrected chi connectivity index (χ0v) is 17.2. The maximum Gasteiger partial charge on any atom is 0.328 e. The van der Waals surface area contributed by atoms with Crippen LogP contribution in [0.4, 0.5) is 0 Å². The monoisotopic (exact) mass is 391 g/mol. The fourth-order valence-electron chi connectivity index (χ4n) is 2.39. The lowest BCUT2D eigenvalue weighted by molar-refractivity contribution is -0.142. The lowest BCUT2D eigenvalue weighted by Gasteiger charge is -2.10. The second-order valence-corrected chi connectivity index (χ2v) is 6.62. The van der Waals surface area contributed by atoms with E-state index in [0.717, 1.165) is 25.7 Å². The Kier molecular flexibility index (Phi) is 18.1. The molecule has 0 rings (SSSR count). The molecule has 0 aromatic carbocycles. The number of aliphatic hydroxyl groups excluding tert-OH is 1. The number of hydrogen-bond donors (Lipinski definition) is 3. The molecular weight excluding hydrogens is 354 g/mol. The van der Waals surface area contributed by atoms with Crippen molar-refractivity contribution in [3.8, 4) is 0 Å². The van der Waals surface area contributed by atoms with Crippen molar-refractivity contribution in [2.75, 3.05) is 6.61 Å². The number of carbonyl (C=O) groups is 2. The number of amides is 1. The van der Waals surface area contributed by atoms with E-state index in [1.807, 2.05) is 6.08 Å². The van der Waals surface area contributed by atoms with Gasteiger partial charge in [-0.05, 0) is 44.9 Å². The molecule has 0 spiro atoms. The van der Waals surface area contributed by atoms with Gasteiger partial charge in [0.05, 0.1) is 6.61 Å². The minimum absolute atomic E-state index is 0.252. The maximum absolute atomic E-state index is 11.5. The predicted octanol–water partition coefficient (Wildman–Crippen LogP) is 4.69. The third-order valence-corrected chi connectivity index (χ3v) is 4.05. The number of aliphatic carboxylic acids is 1. The average molecular weight is 392 g/mol. The molecular formula is C23H37NO4. The number of carbonyl (C=O) groups excluding carboxylic acids is 1. The quantitative estimate of drug-likeness (QED) is 0.248. The number of carboxylic acids is 1. The summed E-state index contributed by atoms with van der Waals surface area (Å²) >= 11 is 0. The number of nitrogens with one attached hydrogen (secondary N) is 1. The number of hydrogen-bond acceptors (Lipinski definition) is 3. The summed E-state index contributed by atoms with van der Waals surface area (Å²) in [4.78, 5) is 22.2. The van der Waals surface area contributed by atoms with Crippen LogP contribution < -0.4 is 5.32 Å². The van der Waals surface area contributed by atoms with Gasteiger partial charge >= 0.3 is 5.97 Å². The SMILES string of the molecule is CCCCCC=CCC=CCC=CCC=CCCCC(=O)N[C@H](CO)C(=O)O. The lowest BCUT2D eigenvalue weighted by atomic mass is 10.2. The molecule has 5 heteroatoms. The highest BCUT2D eigenvalue weighted by molar-refractivity contribution is 5.83. The van der Waals surface area contributed by atoms with Crippen LogP contribution in [0.3, 0.4) is 0 Å². The molecule has 0 aliphatic heterocycles. The Morgan fingerprint density at radius 1 is 0.821 bits per heavy atom. The van der Waals surface area contributed by atoms with E-state index in [0.29, 0.717) is 6.42 Å².